The van der Waals surface area contributed by atoms with Gasteiger partial charge < -0.3 is 15.7 Å². The second-order valence-electron chi connectivity index (χ2n) is 10.6. The van der Waals surface area contributed by atoms with Gasteiger partial charge in [-0.2, -0.15) is 9.61 Å². The van der Waals surface area contributed by atoms with Gasteiger partial charge in [0.15, 0.2) is 5.65 Å². The first-order valence-corrected chi connectivity index (χ1v) is 14.8. The van der Waals surface area contributed by atoms with Crippen molar-refractivity contribution in [2.24, 2.45) is 5.92 Å². The topological polar surface area (TPSA) is 91.5 Å². The van der Waals surface area contributed by atoms with Crippen molar-refractivity contribution in [2.75, 3.05) is 5.32 Å². The lowest BCUT2D eigenvalue weighted by molar-refractivity contribution is -0.123. The van der Waals surface area contributed by atoms with Gasteiger partial charge in [0.05, 0.1) is 22.3 Å². The molecular weight excluding hydrogens is 578 g/mol. The van der Waals surface area contributed by atoms with Crippen LogP contribution in [0.15, 0.2) is 95.6 Å². The molecule has 1 atom stereocenters. The minimum absolute atomic E-state index is 0.0932. The van der Waals surface area contributed by atoms with Gasteiger partial charge in [0.25, 0.3) is 0 Å². The molecule has 1 saturated carbocycles. The van der Waals surface area contributed by atoms with E-state index < -0.39 is 0 Å². The van der Waals surface area contributed by atoms with Gasteiger partial charge in [-0.25, -0.2) is 4.98 Å². The van der Waals surface area contributed by atoms with Crippen LogP contribution in [0.1, 0.15) is 48.3 Å². The van der Waals surface area contributed by atoms with E-state index in [4.69, 9.17) is 4.98 Å². The number of carbonyl (C=O) groups excluding carboxylic acids is 1. The maximum absolute atomic E-state index is 13.3. The van der Waals surface area contributed by atoms with Crippen molar-refractivity contribution < 1.29 is 9.90 Å². The van der Waals surface area contributed by atoms with Crippen LogP contribution in [0.25, 0.3) is 16.9 Å². The van der Waals surface area contributed by atoms with Crippen LogP contribution in [-0.4, -0.2) is 25.6 Å². The third-order valence-electron chi connectivity index (χ3n) is 7.88. The standard InChI is InChI=1S/C33H32BrN5O2/c34-27-21-37-39-30(18-28(38-32(27)39)26-12-6-7-13-29(26)40)35-19-22-14-16-23(17-15-22)20-36-33(41)31(25-10-4-5-11-25)24-8-2-1-3-9-24/h1-3,6-9,12-18,21,25,31,35,40H,4-5,10-11,19-20H2,(H,36,41). The monoisotopic (exact) mass is 609 g/mol. The average molecular weight is 611 g/mol. The third-order valence-corrected chi connectivity index (χ3v) is 8.44. The lowest BCUT2D eigenvalue weighted by atomic mass is 9.84. The second-order valence-corrected chi connectivity index (χ2v) is 11.4. The van der Waals surface area contributed by atoms with E-state index >= 15 is 0 Å². The molecule has 1 aliphatic carbocycles. The summed E-state index contributed by atoms with van der Waals surface area (Å²) >= 11 is 3.53. The summed E-state index contributed by atoms with van der Waals surface area (Å²) in [6.07, 6.45) is 6.34. The zero-order valence-electron chi connectivity index (χ0n) is 22.6. The van der Waals surface area contributed by atoms with Crippen molar-refractivity contribution in [1.82, 2.24) is 19.9 Å². The van der Waals surface area contributed by atoms with E-state index in [1.165, 1.54) is 12.8 Å². The van der Waals surface area contributed by atoms with E-state index in [2.05, 4.69) is 68.1 Å². The molecule has 3 N–H and O–H groups in total. The van der Waals surface area contributed by atoms with Crippen LogP contribution in [0.4, 0.5) is 5.82 Å². The van der Waals surface area contributed by atoms with E-state index in [-0.39, 0.29) is 17.6 Å². The predicted octanol–water partition coefficient (Wildman–Crippen LogP) is 7.07. The van der Waals surface area contributed by atoms with Gasteiger partial charge in [-0.3, -0.25) is 4.79 Å². The fourth-order valence-electron chi connectivity index (χ4n) is 5.75. The Bertz CT molecular complexity index is 1650. The van der Waals surface area contributed by atoms with E-state index in [0.717, 1.165) is 39.8 Å². The number of phenolic OH excluding ortho intramolecular Hbond substituents is 1. The van der Waals surface area contributed by atoms with Crippen LogP contribution in [0, 0.1) is 5.92 Å². The predicted molar refractivity (Wildman–Crippen MR) is 165 cm³/mol. The molecule has 1 fully saturated rings. The number of carbonyl (C=O) groups is 1. The van der Waals surface area contributed by atoms with Crippen LogP contribution >= 0.6 is 15.9 Å². The number of aromatic nitrogens is 3. The van der Waals surface area contributed by atoms with Gasteiger partial charge in [0, 0.05) is 24.7 Å². The summed E-state index contributed by atoms with van der Waals surface area (Å²) in [6, 6.07) is 27.5. The number of rotatable bonds is 9. The highest BCUT2D eigenvalue weighted by atomic mass is 79.9. The molecule has 2 aromatic heterocycles. The molecule has 1 aliphatic rings. The van der Waals surface area contributed by atoms with Crippen LogP contribution in [0.5, 0.6) is 5.75 Å². The maximum Gasteiger partial charge on any atom is 0.228 e. The Morgan fingerprint density at radius 2 is 1.63 bits per heavy atom. The van der Waals surface area contributed by atoms with Crippen LogP contribution < -0.4 is 10.6 Å². The number of hydrogen-bond donors (Lipinski definition) is 3. The van der Waals surface area contributed by atoms with Crippen LogP contribution in [0.2, 0.25) is 0 Å². The maximum atomic E-state index is 13.3. The lowest BCUT2D eigenvalue weighted by Gasteiger charge is -2.23. The van der Waals surface area contributed by atoms with Gasteiger partial charge in [0.1, 0.15) is 11.6 Å². The Kier molecular flexibility index (Phi) is 8.00. The number of benzene rings is 3. The molecule has 0 aliphatic heterocycles. The number of nitrogens with one attached hydrogen (secondary N) is 2. The summed E-state index contributed by atoms with van der Waals surface area (Å²) in [6.45, 7) is 1.07. The molecule has 7 nitrogen and oxygen atoms in total. The van der Waals surface area contributed by atoms with E-state index in [0.29, 0.717) is 35.9 Å². The van der Waals surface area contributed by atoms with Crippen molar-refractivity contribution in [3.8, 4) is 17.0 Å². The zero-order chi connectivity index (χ0) is 28.2. The Labute approximate surface area is 247 Å². The number of nitrogens with zero attached hydrogens (tertiary/aromatic N) is 3. The van der Waals surface area contributed by atoms with E-state index in [1.54, 1.807) is 22.8 Å². The van der Waals surface area contributed by atoms with Gasteiger partial charge >= 0.3 is 0 Å². The first-order valence-electron chi connectivity index (χ1n) is 14.0. The fourth-order valence-corrected chi connectivity index (χ4v) is 6.09. The van der Waals surface area contributed by atoms with E-state index in [1.807, 2.05) is 36.4 Å². The van der Waals surface area contributed by atoms with Crippen molar-refractivity contribution in [1.29, 1.82) is 0 Å². The minimum Gasteiger partial charge on any atom is -0.507 e. The number of halogens is 1. The summed E-state index contributed by atoms with van der Waals surface area (Å²) in [5, 5.41) is 21.5. The molecule has 6 rings (SSSR count). The zero-order valence-corrected chi connectivity index (χ0v) is 24.2. The fraction of sp³-hybridized carbons (Fsp3) is 0.242. The van der Waals surface area contributed by atoms with E-state index in [9.17, 15) is 9.90 Å². The highest BCUT2D eigenvalue weighted by molar-refractivity contribution is 9.10. The molecule has 8 heteroatoms. The second kappa shape index (κ2) is 12.1. The largest absolute Gasteiger partial charge is 0.507 e. The molecule has 208 valence electrons. The molecule has 2 heterocycles. The third kappa shape index (κ3) is 5.98. The number of fused-ring (bicyclic) bond motifs is 1. The van der Waals surface area contributed by atoms with Gasteiger partial charge in [-0.05, 0) is 63.5 Å². The molecule has 41 heavy (non-hydrogen) atoms. The summed E-state index contributed by atoms with van der Waals surface area (Å²) in [5.74, 6) is 1.36. The average Bonchev–Trinajstić information content (AvgIpc) is 3.67. The normalized spacial score (nSPS) is 14.3. The summed E-state index contributed by atoms with van der Waals surface area (Å²) in [7, 11) is 0. The molecule has 0 radical (unpaired) electrons. The number of anilines is 1. The van der Waals surface area contributed by atoms with Crippen LogP contribution in [0.3, 0.4) is 0 Å². The Balaban J connectivity index is 1.13. The van der Waals surface area contributed by atoms with Crippen molar-refractivity contribution >= 4 is 33.3 Å². The quantitative estimate of drug-likeness (QED) is 0.166. The molecular formula is C33H32BrN5O2. The first-order chi connectivity index (χ1) is 20.1. The molecule has 1 amide bonds. The lowest BCUT2D eigenvalue weighted by Crippen LogP contribution is -2.32. The van der Waals surface area contributed by atoms with Gasteiger partial charge in [-0.15, -0.1) is 0 Å². The number of aromatic hydroxyl groups is 1. The number of para-hydroxylation sites is 1. The molecule has 0 spiro atoms. The highest BCUT2D eigenvalue weighted by Gasteiger charge is 2.31. The van der Waals surface area contributed by atoms with Crippen molar-refractivity contribution in [3.05, 3.63) is 112 Å². The summed E-state index contributed by atoms with van der Waals surface area (Å²) in [5.41, 5.74) is 5.22. The number of amides is 1. The number of phenols is 1. The first kappa shape index (κ1) is 27.0. The molecule has 0 bridgehead atoms. The Hall–Kier alpha value is -4.17. The van der Waals surface area contributed by atoms with Crippen molar-refractivity contribution in [2.45, 2.75) is 44.7 Å². The molecule has 0 saturated heterocycles. The molecule has 5 aromatic rings. The minimum atomic E-state index is -0.0932. The SMILES string of the molecule is O=C(NCc1ccc(CNc2cc(-c3ccccc3O)nc3c(Br)cnn23)cc1)C(c1ccccc1)C1CCCC1. The Morgan fingerprint density at radius 1 is 0.951 bits per heavy atom. The Morgan fingerprint density at radius 3 is 2.37 bits per heavy atom. The summed E-state index contributed by atoms with van der Waals surface area (Å²) in [4.78, 5) is 18.0. The van der Waals surface area contributed by atoms with Gasteiger partial charge in [0.2, 0.25) is 5.91 Å². The van der Waals surface area contributed by atoms with Crippen LogP contribution in [-0.2, 0) is 17.9 Å². The van der Waals surface area contributed by atoms with Gasteiger partial charge in [-0.1, -0.05) is 79.6 Å². The number of hydrogen-bond acceptors (Lipinski definition) is 5. The smallest absolute Gasteiger partial charge is 0.228 e. The highest BCUT2D eigenvalue weighted by Crippen LogP contribution is 2.37. The van der Waals surface area contributed by atoms with Crippen molar-refractivity contribution in [3.63, 3.8) is 0 Å². The summed E-state index contributed by atoms with van der Waals surface area (Å²) < 4.78 is 2.51. The molecule has 3 aromatic carbocycles. The molecule has 1 unspecified atom stereocenters.